The summed E-state index contributed by atoms with van der Waals surface area (Å²) in [7, 11) is -4.67. The maximum Gasteiger partial charge on any atom is 0.394 e. The van der Waals surface area contributed by atoms with E-state index in [-0.39, 0.29) is 0 Å². The highest BCUT2D eigenvalue weighted by Gasteiger charge is 1.97. The normalized spacial score (nSPS) is 10.8. The molecule has 0 aliphatic heterocycles. The molecule has 0 radical (unpaired) electrons. The second-order valence-corrected chi connectivity index (χ2v) is 4.27. The van der Waals surface area contributed by atoms with Crippen LogP contribution in [0.5, 0.6) is 0 Å². The lowest BCUT2D eigenvalue weighted by Crippen LogP contribution is -1.89. The van der Waals surface area contributed by atoms with E-state index in [4.69, 9.17) is 23.3 Å². The smallest absolute Gasteiger partial charge is 0.394 e. The lowest BCUT2D eigenvalue weighted by molar-refractivity contribution is 0.381. The standard InChI is InChI=1S/C10H10N2.H2O4S/c1-7-5-9(11)8-3-2-4-12-10(8)6-7;1-5(2,3)4/h2-6H,11H2,1H3;(H2,1,2,3,4). The predicted octanol–water partition coefficient (Wildman–Crippen LogP) is 1.47. The van der Waals surface area contributed by atoms with Crippen molar-refractivity contribution >= 4 is 27.0 Å². The van der Waals surface area contributed by atoms with Crippen LogP contribution in [-0.4, -0.2) is 22.5 Å². The minimum atomic E-state index is -4.67. The van der Waals surface area contributed by atoms with Gasteiger partial charge < -0.3 is 5.73 Å². The lowest BCUT2D eigenvalue weighted by Gasteiger charge is -2.01. The third-order valence-electron chi connectivity index (χ3n) is 1.90. The summed E-state index contributed by atoms with van der Waals surface area (Å²) in [5.41, 5.74) is 8.74. The van der Waals surface area contributed by atoms with Crippen LogP contribution in [0.15, 0.2) is 30.5 Å². The van der Waals surface area contributed by atoms with Crippen LogP contribution in [0.4, 0.5) is 5.69 Å². The maximum atomic E-state index is 8.74. The highest BCUT2D eigenvalue weighted by molar-refractivity contribution is 7.79. The molecular formula is C10H12N2O4S. The van der Waals surface area contributed by atoms with Crippen LogP contribution in [-0.2, 0) is 10.4 Å². The highest BCUT2D eigenvalue weighted by Crippen LogP contribution is 2.20. The van der Waals surface area contributed by atoms with E-state index in [0.717, 1.165) is 22.2 Å². The molecule has 0 spiro atoms. The van der Waals surface area contributed by atoms with Crippen molar-refractivity contribution < 1.29 is 17.5 Å². The zero-order chi connectivity index (χ0) is 13.1. The first-order valence-corrected chi connectivity index (χ1v) is 5.98. The van der Waals surface area contributed by atoms with Gasteiger partial charge in [0.2, 0.25) is 0 Å². The molecule has 1 aromatic heterocycles. The summed E-state index contributed by atoms with van der Waals surface area (Å²) in [6.45, 7) is 2.02. The molecule has 2 aromatic rings. The van der Waals surface area contributed by atoms with Gasteiger partial charge in [-0.2, -0.15) is 8.42 Å². The SMILES string of the molecule is Cc1cc(N)c2cccnc2c1.O=S(=O)(O)O. The minimum absolute atomic E-state index is 0.804. The van der Waals surface area contributed by atoms with Crippen LogP contribution in [0.2, 0.25) is 0 Å². The van der Waals surface area contributed by atoms with E-state index in [0.29, 0.717) is 0 Å². The first-order chi connectivity index (χ1) is 7.77. The Bertz CT molecular complexity index is 617. The van der Waals surface area contributed by atoms with Crippen molar-refractivity contribution in [3.8, 4) is 0 Å². The van der Waals surface area contributed by atoms with E-state index in [9.17, 15) is 0 Å². The van der Waals surface area contributed by atoms with Crippen LogP contribution in [0.1, 0.15) is 5.56 Å². The summed E-state index contributed by atoms with van der Waals surface area (Å²) in [4.78, 5) is 4.22. The summed E-state index contributed by atoms with van der Waals surface area (Å²) in [6, 6.07) is 7.88. The summed E-state index contributed by atoms with van der Waals surface area (Å²) in [5.74, 6) is 0. The van der Waals surface area contributed by atoms with E-state index in [1.807, 2.05) is 31.2 Å². The molecule has 0 bridgehead atoms. The van der Waals surface area contributed by atoms with Gasteiger partial charge in [0.15, 0.2) is 0 Å². The Balaban J connectivity index is 0.000000249. The molecule has 7 heteroatoms. The Hall–Kier alpha value is -1.70. The maximum absolute atomic E-state index is 8.74. The quantitative estimate of drug-likeness (QED) is 0.486. The van der Waals surface area contributed by atoms with E-state index < -0.39 is 10.4 Å². The van der Waals surface area contributed by atoms with E-state index in [1.165, 1.54) is 0 Å². The van der Waals surface area contributed by atoms with Gasteiger partial charge in [-0.05, 0) is 36.8 Å². The second kappa shape index (κ2) is 5.09. The zero-order valence-electron chi connectivity index (χ0n) is 9.03. The monoisotopic (exact) mass is 256 g/mol. The molecule has 2 rings (SSSR count). The first kappa shape index (κ1) is 13.4. The number of benzene rings is 1. The van der Waals surface area contributed by atoms with Crippen LogP contribution in [0.25, 0.3) is 10.9 Å². The molecular weight excluding hydrogens is 244 g/mol. The number of fused-ring (bicyclic) bond motifs is 1. The zero-order valence-corrected chi connectivity index (χ0v) is 9.85. The Morgan fingerprint density at radius 3 is 2.47 bits per heavy atom. The molecule has 0 amide bonds. The van der Waals surface area contributed by atoms with Crippen molar-refractivity contribution in [2.75, 3.05) is 5.73 Å². The van der Waals surface area contributed by atoms with Gasteiger partial charge in [0.25, 0.3) is 0 Å². The summed E-state index contributed by atoms with van der Waals surface area (Å²) in [5, 5.41) is 1.03. The Kier molecular flexibility index (Phi) is 4.00. The van der Waals surface area contributed by atoms with Crippen molar-refractivity contribution in [2.45, 2.75) is 6.92 Å². The van der Waals surface area contributed by atoms with Crippen LogP contribution < -0.4 is 5.73 Å². The van der Waals surface area contributed by atoms with E-state index in [1.54, 1.807) is 6.20 Å². The number of hydrogen-bond donors (Lipinski definition) is 3. The van der Waals surface area contributed by atoms with Gasteiger partial charge in [0.1, 0.15) is 0 Å². The fraction of sp³-hybridized carbons (Fsp3) is 0.100. The average molecular weight is 256 g/mol. The molecule has 17 heavy (non-hydrogen) atoms. The Labute approximate surface area is 98.7 Å². The molecule has 0 atom stereocenters. The average Bonchev–Trinajstić information content (AvgIpc) is 2.14. The van der Waals surface area contributed by atoms with Gasteiger partial charge >= 0.3 is 10.4 Å². The highest BCUT2D eigenvalue weighted by atomic mass is 32.3. The number of nitrogen functional groups attached to an aromatic ring is 1. The molecule has 0 fully saturated rings. The molecule has 92 valence electrons. The molecule has 0 saturated heterocycles. The van der Waals surface area contributed by atoms with E-state index >= 15 is 0 Å². The van der Waals surface area contributed by atoms with Crippen molar-refractivity contribution in [1.29, 1.82) is 0 Å². The van der Waals surface area contributed by atoms with Gasteiger partial charge in [-0.15, -0.1) is 0 Å². The van der Waals surface area contributed by atoms with Crippen LogP contribution in [0.3, 0.4) is 0 Å². The molecule has 0 aliphatic carbocycles. The van der Waals surface area contributed by atoms with Crippen LogP contribution >= 0.6 is 0 Å². The van der Waals surface area contributed by atoms with Crippen molar-refractivity contribution in [3.05, 3.63) is 36.0 Å². The molecule has 6 nitrogen and oxygen atoms in total. The number of hydrogen-bond acceptors (Lipinski definition) is 4. The topological polar surface area (TPSA) is 114 Å². The van der Waals surface area contributed by atoms with Gasteiger partial charge in [0, 0.05) is 17.3 Å². The molecule has 1 heterocycles. The molecule has 0 aliphatic rings. The fourth-order valence-corrected chi connectivity index (χ4v) is 1.36. The summed E-state index contributed by atoms with van der Waals surface area (Å²) >= 11 is 0. The van der Waals surface area contributed by atoms with E-state index in [2.05, 4.69) is 4.98 Å². The third-order valence-corrected chi connectivity index (χ3v) is 1.90. The number of pyridine rings is 1. The molecule has 0 unspecified atom stereocenters. The lowest BCUT2D eigenvalue weighted by atomic mass is 10.1. The summed E-state index contributed by atoms with van der Waals surface area (Å²) < 4.78 is 31.6. The number of aromatic nitrogens is 1. The Morgan fingerprint density at radius 1 is 1.29 bits per heavy atom. The molecule has 4 N–H and O–H groups in total. The van der Waals surface area contributed by atoms with Crippen molar-refractivity contribution in [3.63, 3.8) is 0 Å². The van der Waals surface area contributed by atoms with Gasteiger partial charge in [0.05, 0.1) is 5.52 Å². The molecule has 0 saturated carbocycles. The number of rotatable bonds is 0. The largest absolute Gasteiger partial charge is 0.398 e. The van der Waals surface area contributed by atoms with Crippen molar-refractivity contribution in [2.24, 2.45) is 0 Å². The second-order valence-electron chi connectivity index (χ2n) is 3.37. The predicted molar refractivity (Wildman–Crippen MR) is 65.1 cm³/mol. The van der Waals surface area contributed by atoms with Gasteiger partial charge in [-0.1, -0.05) is 0 Å². The van der Waals surface area contributed by atoms with Gasteiger partial charge in [-0.25, -0.2) is 0 Å². The number of nitrogens with zero attached hydrogens (tertiary/aromatic N) is 1. The third kappa shape index (κ3) is 4.77. The summed E-state index contributed by atoms with van der Waals surface area (Å²) in [6.07, 6.45) is 1.78. The number of aryl methyl sites for hydroxylation is 1. The minimum Gasteiger partial charge on any atom is -0.398 e. The van der Waals surface area contributed by atoms with Crippen molar-refractivity contribution in [1.82, 2.24) is 4.98 Å². The number of nitrogens with two attached hydrogens (primary N) is 1. The van der Waals surface area contributed by atoms with Gasteiger partial charge in [-0.3, -0.25) is 14.1 Å². The first-order valence-electron chi connectivity index (χ1n) is 4.58. The fourth-order valence-electron chi connectivity index (χ4n) is 1.36. The Morgan fingerprint density at radius 2 is 1.88 bits per heavy atom. The van der Waals surface area contributed by atoms with Crippen LogP contribution in [0, 0.1) is 6.92 Å². The molecule has 1 aromatic carbocycles. The number of anilines is 1.